The number of hydrogen-bond acceptors (Lipinski definition) is 5. The molecule has 1 aromatic heterocycles. The van der Waals surface area contributed by atoms with E-state index >= 15 is 0 Å². The van der Waals surface area contributed by atoms with Crippen molar-refractivity contribution < 1.29 is 37.1 Å². The number of rotatable bonds is 4. The monoisotopic (exact) mass is 482 g/mol. The van der Waals surface area contributed by atoms with Gasteiger partial charge in [0.05, 0.1) is 23.0 Å². The molecule has 1 saturated carbocycles. The number of nitrogens with two attached hydrogens (primary N) is 1. The van der Waals surface area contributed by atoms with E-state index in [2.05, 4.69) is 4.98 Å². The van der Waals surface area contributed by atoms with Crippen LogP contribution in [0.2, 0.25) is 0 Å². The molecule has 172 valence electrons. The van der Waals surface area contributed by atoms with Crippen LogP contribution < -0.4 is 15.5 Å². The van der Waals surface area contributed by atoms with Crippen molar-refractivity contribution >= 4 is 46.5 Å². The lowest BCUT2D eigenvalue weighted by Gasteiger charge is -2.43. The van der Waals surface area contributed by atoms with Gasteiger partial charge in [0.25, 0.3) is 11.8 Å². The molecule has 2 aromatic rings. The molecule has 2 fully saturated rings. The maximum atomic E-state index is 13.9. The largest absolute Gasteiger partial charge is 0.478 e. The summed E-state index contributed by atoms with van der Waals surface area (Å²) in [6.07, 6.45) is -2.91. The van der Waals surface area contributed by atoms with Crippen LogP contribution in [0.1, 0.15) is 45.7 Å². The van der Waals surface area contributed by atoms with Gasteiger partial charge in [-0.05, 0) is 55.7 Å². The Kier molecular flexibility index (Phi) is 5.11. The Labute approximate surface area is 188 Å². The van der Waals surface area contributed by atoms with Crippen molar-refractivity contribution in [3.8, 4) is 0 Å². The van der Waals surface area contributed by atoms with E-state index < -0.39 is 52.1 Å². The maximum Gasteiger partial charge on any atom is 0.418 e. The summed E-state index contributed by atoms with van der Waals surface area (Å²) >= 11 is 5.40. The second-order valence-electron chi connectivity index (χ2n) is 7.56. The van der Waals surface area contributed by atoms with Crippen LogP contribution in [-0.2, 0) is 11.0 Å². The lowest BCUT2D eigenvalue weighted by Crippen LogP contribution is -2.55. The molecule has 13 heteroatoms. The van der Waals surface area contributed by atoms with Crippen molar-refractivity contribution in [3.63, 3.8) is 0 Å². The summed E-state index contributed by atoms with van der Waals surface area (Å²) in [5, 5.41) is 9.01. The molecule has 1 spiro atoms. The van der Waals surface area contributed by atoms with E-state index in [1.54, 1.807) is 0 Å². The van der Waals surface area contributed by atoms with Crippen molar-refractivity contribution in [2.75, 3.05) is 9.80 Å². The van der Waals surface area contributed by atoms with Crippen molar-refractivity contribution in [2.24, 2.45) is 5.73 Å². The van der Waals surface area contributed by atoms with E-state index in [0.717, 1.165) is 23.2 Å². The van der Waals surface area contributed by atoms with Gasteiger partial charge in [-0.1, -0.05) is 0 Å². The molecule has 4 rings (SSSR count). The number of carboxylic acid groups (broad SMARTS) is 1. The summed E-state index contributed by atoms with van der Waals surface area (Å²) in [5.41, 5.74) is 0.414. The Hall–Kier alpha value is -3.61. The standard InChI is InChI=1S/C20H14F4N4O4S/c21-13-3-2-9(6-11(13)16(30)31)28-18(33)27(17(32)19(28)4-1-5-19)10-7-12(20(22,23)24)14(15(25)29)26-8-10/h2-3,6-8H,1,4-5H2,(H2,25,29)(H,30,31). The minimum absolute atomic E-state index is 0.104. The summed E-state index contributed by atoms with van der Waals surface area (Å²) in [5.74, 6) is -4.56. The molecule has 0 radical (unpaired) electrons. The van der Waals surface area contributed by atoms with Crippen LogP contribution >= 0.6 is 12.2 Å². The average Bonchev–Trinajstić information content (AvgIpc) is 2.94. The van der Waals surface area contributed by atoms with E-state index in [1.165, 1.54) is 11.0 Å². The van der Waals surface area contributed by atoms with E-state index in [-0.39, 0.29) is 16.5 Å². The molecule has 1 aromatic carbocycles. The zero-order valence-electron chi connectivity index (χ0n) is 16.5. The molecule has 2 amide bonds. The van der Waals surface area contributed by atoms with Crippen molar-refractivity contribution in [2.45, 2.75) is 31.0 Å². The molecule has 0 bridgehead atoms. The van der Waals surface area contributed by atoms with Gasteiger partial charge >= 0.3 is 12.1 Å². The molecule has 0 atom stereocenters. The highest BCUT2D eigenvalue weighted by Gasteiger charge is 2.60. The number of carbonyl (C=O) groups excluding carboxylic acids is 2. The van der Waals surface area contributed by atoms with Crippen LogP contribution in [0.25, 0.3) is 0 Å². The third-order valence-electron chi connectivity index (χ3n) is 5.70. The van der Waals surface area contributed by atoms with Crippen LogP contribution in [0.5, 0.6) is 0 Å². The first kappa shape index (κ1) is 22.6. The number of carbonyl (C=O) groups is 3. The first-order valence-corrected chi connectivity index (χ1v) is 9.88. The fraction of sp³-hybridized carbons (Fsp3) is 0.250. The van der Waals surface area contributed by atoms with E-state index in [1.807, 2.05) is 0 Å². The highest BCUT2D eigenvalue weighted by atomic mass is 32.1. The SMILES string of the molecule is NC(=O)c1ncc(N2C(=O)C3(CCC3)N(c3ccc(F)c(C(=O)O)c3)C2=S)cc1C(F)(F)F. The first-order chi connectivity index (χ1) is 15.4. The van der Waals surface area contributed by atoms with Crippen molar-refractivity contribution in [3.05, 3.63) is 53.1 Å². The van der Waals surface area contributed by atoms with Crippen LogP contribution in [0.15, 0.2) is 30.5 Å². The molecule has 8 nitrogen and oxygen atoms in total. The zero-order valence-corrected chi connectivity index (χ0v) is 17.3. The van der Waals surface area contributed by atoms with E-state index in [0.29, 0.717) is 25.3 Å². The number of hydrogen-bond donors (Lipinski definition) is 2. The topological polar surface area (TPSA) is 117 Å². The fourth-order valence-corrected chi connectivity index (χ4v) is 4.48. The number of alkyl halides is 3. The molecule has 1 aliphatic carbocycles. The predicted molar refractivity (Wildman–Crippen MR) is 110 cm³/mol. The van der Waals surface area contributed by atoms with Gasteiger partial charge in [-0.25, -0.2) is 14.2 Å². The minimum atomic E-state index is -4.99. The molecule has 2 heterocycles. The number of carboxylic acids is 1. The Morgan fingerprint density at radius 3 is 2.36 bits per heavy atom. The van der Waals surface area contributed by atoms with Crippen LogP contribution in [0.4, 0.5) is 28.9 Å². The molecule has 1 saturated heterocycles. The third kappa shape index (κ3) is 3.39. The number of aromatic nitrogens is 1. The normalized spacial score (nSPS) is 17.5. The fourth-order valence-electron chi connectivity index (χ4n) is 4.01. The van der Waals surface area contributed by atoms with Gasteiger partial charge in [-0.3, -0.25) is 14.5 Å². The zero-order chi connectivity index (χ0) is 24.3. The number of pyridine rings is 1. The Balaban J connectivity index is 1.84. The van der Waals surface area contributed by atoms with Gasteiger partial charge in [0.1, 0.15) is 17.1 Å². The second-order valence-corrected chi connectivity index (χ2v) is 7.93. The Morgan fingerprint density at radius 2 is 1.85 bits per heavy atom. The van der Waals surface area contributed by atoms with Gasteiger partial charge < -0.3 is 15.7 Å². The quantitative estimate of drug-likeness (QED) is 0.508. The number of anilines is 2. The number of halogens is 4. The third-order valence-corrected chi connectivity index (χ3v) is 6.07. The lowest BCUT2D eigenvalue weighted by molar-refractivity contribution is -0.138. The summed E-state index contributed by atoms with van der Waals surface area (Å²) < 4.78 is 54.4. The van der Waals surface area contributed by atoms with Gasteiger partial charge in [0.15, 0.2) is 5.11 Å². The van der Waals surface area contributed by atoms with Crippen molar-refractivity contribution in [1.29, 1.82) is 0 Å². The molecule has 3 N–H and O–H groups in total. The Morgan fingerprint density at radius 1 is 1.18 bits per heavy atom. The smallest absolute Gasteiger partial charge is 0.418 e. The second kappa shape index (κ2) is 7.47. The number of thiocarbonyl (C=S) groups is 1. The van der Waals surface area contributed by atoms with Gasteiger partial charge in [0, 0.05) is 5.69 Å². The average molecular weight is 482 g/mol. The van der Waals surface area contributed by atoms with Crippen LogP contribution in [0, 0.1) is 5.82 Å². The number of aromatic carboxylic acids is 1. The summed E-state index contributed by atoms with van der Waals surface area (Å²) in [6, 6.07) is 3.71. The van der Waals surface area contributed by atoms with Gasteiger partial charge in [-0.2, -0.15) is 13.2 Å². The molecule has 2 aliphatic rings. The van der Waals surface area contributed by atoms with Crippen LogP contribution in [-0.4, -0.2) is 38.5 Å². The van der Waals surface area contributed by atoms with E-state index in [4.69, 9.17) is 18.0 Å². The minimum Gasteiger partial charge on any atom is -0.478 e. The molecule has 1 aliphatic heterocycles. The highest BCUT2D eigenvalue weighted by molar-refractivity contribution is 7.81. The lowest BCUT2D eigenvalue weighted by atomic mass is 9.75. The number of nitrogens with zero attached hydrogens (tertiary/aromatic N) is 3. The number of benzene rings is 1. The maximum absolute atomic E-state index is 13.9. The molecule has 0 unspecified atom stereocenters. The molecular formula is C20H14F4N4O4S. The number of primary amides is 1. The van der Waals surface area contributed by atoms with Gasteiger partial charge in [0.2, 0.25) is 0 Å². The Bertz CT molecular complexity index is 1230. The summed E-state index contributed by atoms with van der Waals surface area (Å²) in [7, 11) is 0. The number of amides is 2. The van der Waals surface area contributed by atoms with Crippen LogP contribution in [0.3, 0.4) is 0 Å². The summed E-state index contributed by atoms with van der Waals surface area (Å²) in [4.78, 5) is 41.8. The van der Waals surface area contributed by atoms with Crippen molar-refractivity contribution in [1.82, 2.24) is 4.98 Å². The van der Waals surface area contributed by atoms with E-state index in [9.17, 15) is 37.1 Å². The first-order valence-electron chi connectivity index (χ1n) is 9.47. The van der Waals surface area contributed by atoms with Gasteiger partial charge in [-0.15, -0.1) is 0 Å². The summed E-state index contributed by atoms with van der Waals surface area (Å²) in [6.45, 7) is 0. The molecular weight excluding hydrogens is 468 g/mol. The highest BCUT2D eigenvalue weighted by Crippen LogP contribution is 2.48. The predicted octanol–water partition coefficient (Wildman–Crippen LogP) is 3.10. The molecule has 33 heavy (non-hydrogen) atoms.